The number of nitrogens with one attached hydrogen (secondary N) is 1. The first kappa shape index (κ1) is 13.5. The van der Waals surface area contributed by atoms with Gasteiger partial charge in [0.25, 0.3) is 0 Å². The minimum atomic E-state index is 0.628. The van der Waals surface area contributed by atoms with Crippen LogP contribution in [0, 0.1) is 0 Å². The van der Waals surface area contributed by atoms with Crippen molar-refractivity contribution >= 4 is 5.69 Å². The molecule has 1 N–H and O–H groups in total. The van der Waals surface area contributed by atoms with Crippen LogP contribution >= 0.6 is 0 Å². The Morgan fingerprint density at radius 3 is 2.50 bits per heavy atom. The Hall–Kier alpha value is -0.980. The van der Waals surface area contributed by atoms with E-state index >= 15 is 0 Å². The lowest BCUT2D eigenvalue weighted by atomic mass is 9.93. The highest BCUT2D eigenvalue weighted by atomic mass is 14.9. The number of benzene rings is 1. The Labute approximate surface area is 112 Å². The number of hydrogen-bond donors (Lipinski definition) is 1. The Bertz CT molecular complexity index is 375. The van der Waals surface area contributed by atoms with E-state index in [0.717, 1.165) is 6.42 Å². The molecule has 1 aromatic carbocycles. The minimum Gasteiger partial charge on any atom is -0.382 e. The fourth-order valence-corrected chi connectivity index (χ4v) is 3.05. The van der Waals surface area contributed by atoms with E-state index in [0.29, 0.717) is 12.0 Å². The molecule has 0 aromatic heterocycles. The van der Waals surface area contributed by atoms with Crippen LogP contribution in [0.3, 0.4) is 0 Å². The lowest BCUT2D eigenvalue weighted by molar-refractivity contribution is 0.462. The average molecular weight is 245 g/mol. The van der Waals surface area contributed by atoms with Gasteiger partial charge in [-0.2, -0.15) is 0 Å². The standard InChI is InChI=1S/C17H27N/c1-4-14-12-16(10-11-17(14)13(2)3)18-15-8-6-5-7-9-15/h10-13,15,18H,4-9H2,1-3H3. The van der Waals surface area contributed by atoms with E-state index in [1.54, 1.807) is 0 Å². The molecule has 2 rings (SSSR count). The van der Waals surface area contributed by atoms with Crippen LogP contribution in [0.25, 0.3) is 0 Å². The molecule has 0 saturated heterocycles. The van der Waals surface area contributed by atoms with Crippen molar-refractivity contribution in [3.8, 4) is 0 Å². The van der Waals surface area contributed by atoms with Crippen LogP contribution < -0.4 is 5.32 Å². The first-order chi connectivity index (χ1) is 8.70. The van der Waals surface area contributed by atoms with Gasteiger partial charge in [-0.05, 0) is 48.4 Å². The lowest BCUT2D eigenvalue weighted by Gasteiger charge is -2.24. The van der Waals surface area contributed by atoms with E-state index < -0.39 is 0 Å². The highest BCUT2D eigenvalue weighted by molar-refractivity contribution is 5.50. The maximum absolute atomic E-state index is 3.72. The molecule has 0 spiro atoms. The number of anilines is 1. The summed E-state index contributed by atoms with van der Waals surface area (Å²) in [5.41, 5.74) is 4.33. The molecule has 1 nitrogen and oxygen atoms in total. The zero-order valence-corrected chi connectivity index (χ0v) is 12.1. The molecule has 1 aliphatic carbocycles. The smallest absolute Gasteiger partial charge is 0.0345 e. The molecule has 1 aromatic rings. The van der Waals surface area contributed by atoms with Crippen molar-refractivity contribution in [1.29, 1.82) is 0 Å². The summed E-state index contributed by atoms with van der Waals surface area (Å²) in [5, 5.41) is 3.72. The fourth-order valence-electron chi connectivity index (χ4n) is 3.05. The highest BCUT2D eigenvalue weighted by Crippen LogP contribution is 2.26. The maximum atomic E-state index is 3.72. The molecule has 1 aliphatic rings. The van der Waals surface area contributed by atoms with Gasteiger partial charge in [0.05, 0.1) is 0 Å². The van der Waals surface area contributed by atoms with Crippen molar-refractivity contribution in [3.63, 3.8) is 0 Å². The van der Waals surface area contributed by atoms with Gasteiger partial charge in [-0.1, -0.05) is 46.1 Å². The maximum Gasteiger partial charge on any atom is 0.0345 e. The van der Waals surface area contributed by atoms with Gasteiger partial charge in [-0.25, -0.2) is 0 Å². The van der Waals surface area contributed by atoms with Gasteiger partial charge in [-0.15, -0.1) is 0 Å². The van der Waals surface area contributed by atoms with E-state index in [2.05, 4.69) is 44.3 Å². The predicted molar refractivity (Wildman–Crippen MR) is 80.4 cm³/mol. The number of hydrogen-bond acceptors (Lipinski definition) is 1. The molecule has 1 fully saturated rings. The van der Waals surface area contributed by atoms with Gasteiger partial charge in [0, 0.05) is 11.7 Å². The minimum absolute atomic E-state index is 0.628. The molecule has 0 radical (unpaired) electrons. The quantitative estimate of drug-likeness (QED) is 0.776. The molecule has 1 saturated carbocycles. The van der Waals surface area contributed by atoms with Gasteiger partial charge < -0.3 is 5.32 Å². The third kappa shape index (κ3) is 3.28. The molecule has 0 bridgehead atoms. The van der Waals surface area contributed by atoms with Crippen molar-refractivity contribution in [2.75, 3.05) is 5.32 Å². The van der Waals surface area contributed by atoms with Crippen LogP contribution in [0.15, 0.2) is 18.2 Å². The third-order valence-corrected chi connectivity index (χ3v) is 4.12. The summed E-state index contributed by atoms with van der Waals surface area (Å²) in [6, 6.07) is 7.65. The Kier molecular flexibility index (Phi) is 4.68. The summed E-state index contributed by atoms with van der Waals surface area (Å²) in [6.07, 6.45) is 8.02. The molecule has 1 heteroatoms. The normalized spacial score (nSPS) is 17.1. The molecule has 0 heterocycles. The van der Waals surface area contributed by atoms with Gasteiger partial charge in [0.2, 0.25) is 0 Å². The average Bonchev–Trinajstić information content (AvgIpc) is 2.39. The second-order valence-corrected chi connectivity index (χ2v) is 5.90. The molecule has 100 valence electrons. The highest BCUT2D eigenvalue weighted by Gasteiger charge is 2.13. The van der Waals surface area contributed by atoms with E-state index in [1.807, 2.05) is 0 Å². The molecular formula is C17H27N. The first-order valence-corrected chi connectivity index (χ1v) is 7.60. The topological polar surface area (TPSA) is 12.0 Å². The Morgan fingerprint density at radius 2 is 1.89 bits per heavy atom. The number of aryl methyl sites for hydroxylation is 1. The second kappa shape index (κ2) is 6.26. The van der Waals surface area contributed by atoms with Gasteiger partial charge in [-0.3, -0.25) is 0 Å². The summed E-state index contributed by atoms with van der Waals surface area (Å²) in [6.45, 7) is 6.82. The van der Waals surface area contributed by atoms with Crippen LogP contribution in [0.4, 0.5) is 5.69 Å². The predicted octanol–water partition coefficient (Wildman–Crippen LogP) is 5.12. The van der Waals surface area contributed by atoms with Crippen LogP contribution in [0.5, 0.6) is 0 Å². The molecule has 0 aliphatic heterocycles. The fraction of sp³-hybridized carbons (Fsp3) is 0.647. The molecule has 0 atom stereocenters. The van der Waals surface area contributed by atoms with E-state index in [4.69, 9.17) is 0 Å². The monoisotopic (exact) mass is 245 g/mol. The summed E-state index contributed by atoms with van der Waals surface area (Å²) >= 11 is 0. The van der Waals surface area contributed by atoms with E-state index in [9.17, 15) is 0 Å². The van der Waals surface area contributed by atoms with Crippen LogP contribution in [-0.4, -0.2) is 6.04 Å². The Balaban J connectivity index is 2.09. The van der Waals surface area contributed by atoms with Crippen molar-refractivity contribution in [2.24, 2.45) is 0 Å². The third-order valence-electron chi connectivity index (χ3n) is 4.12. The van der Waals surface area contributed by atoms with Crippen molar-refractivity contribution in [2.45, 2.75) is 71.3 Å². The molecule has 0 unspecified atom stereocenters. The van der Waals surface area contributed by atoms with Gasteiger partial charge in [0.1, 0.15) is 0 Å². The summed E-state index contributed by atoms with van der Waals surface area (Å²) < 4.78 is 0. The van der Waals surface area contributed by atoms with Crippen LogP contribution in [-0.2, 0) is 6.42 Å². The van der Waals surface area contributed by atoms with Crippen molar-refractivity contribution in [3.05, 3.63) is 29.3 Å². The summed E-state index contributed by atoms with van der Waals surface area (Å²) in [7, 11) is 0. The van der Waals surface area contributed by atoms with Gasteiger partial charge >= 0.3 is 0 Å². The molecule has 18 heavy (non-hydrogen) atoms. The SMILES string of the molecule is CCc1cc(NC2CCCCC2)ccc1C(C)C. The van der Waals surface area contributed by atoms with Gasteiger partial charge in [0.15, 0.2) is 0 Å². The van der Waals surface area contributed by atoms with E-state index in [-0.39, 0.29) is 0 Å². The zero-order valence-electron chi connectivity index (χ0n) is 12.1. The van der Waals surface area contributed by atoms with Crippen molar-refractivity contribution in [1.82, 2.24) is 0 Å². The number of rotatable bonds is 4. The van der Waals surface area contributed by atoms with E-state index in [1.165, 1.54) is 48.9 Å². The zero-order chi connectivity index (χ0) is 13.0. The Morgan fingerprint density at radius 1 is 1.17 bits per heavy atom. The first-order valence-electron chi connectivity index (χ1n) is 7.60. The molecular weight excluding hydrogens is 218 g/mol. The summed E-state index contributed by atoms with van der Waals surface area (Å²) in [4.78, 5) is 0. The largest absolute Gasteiger partial charge is 0.382 e. The van der Waals surface area contributed by atoms with Crippen molar-refractivity contribution < 1.29 is 0 Å². The molecule has 0 amide bonds. The lowest BCUT2D eigenvalue weighted by Crippen LogP contribution is -2.22. The second-order valence-electron chi connectivity index (χ2n) is 5.90. The van der Waals surface area contributed by atoms with Crippen LogP contribution in [0.2, 0.25) is 0 Å². The summed E-state index contributed by atoms with van der Waals surface area (Å²) in [5.74, 6) is 0.628. The van der Waals surface area contributed by atoms with Crippen LogP contribution in [0.1, 0.15) is 69.9 Å².